The molecule has 0 unspecified atom stereocenters. The predicted molar refractivity (Wildman–Crippen MR) is 96.8 cm³/mol. The topological polar surface area (TPSA) is 78.2 Å². The van der Waals surface area contributed by atoms with Crippen molar-refractivity contribution in [2.75, 3.05) is 6.61 Å². The largest absolute Gasteiger partial charge is 0.494 e. The van der Waals surface area contributed by atoms with E-state index in [9.17, 15) is 10.1 Å². The summed E-state index contributed by atoms with van der Waals surface area (Å²) in [7, 11) is 0. The number of aliphatic imine (C=N–C) groups is 1. The number of ketones is 1. The van der Waals surface area contributed by atoms with Crippen LogP contribution >= 0.6 is 0 Å². The normalized spacial score (nSPS) is 15.8. The first kappa shape index (κ1) is 17.0. The number of carbonyl (C=O) groups excluding carboxylic acids is 1. The highest BCUT2D eigenvalue weighted by molar-refractivity contribution is 6.02. The van der Waals surface area contributed by atoms with E-state index in [1.54, 1.807) is 6.21 Å². The molecule has 1 aliphatic rings. The molecule has 1 N–H and O–H groups in total. The van der Waals surface area contributed by atoms with Crippen LogP contribution in [0.2, 0.25) is 0 Å². The van der Waals surface area contributed by atoms with Gasteiger partial charge in [0, 0.05) is 18.3 Å². The maximum absolute atomic E-state index is 12.4. The molecule has 3 rings (SSSR count). The van der Waals surface area contributed by atoms with Crippen LogP contribution in [-0.4, -0.2) is 23.6 Å². The van der Waals surface area contributed by atoms with Crippen molar-refractivity contribution < 1.29 is 9.53 Å². The Labute approximate surface area is 147 Å². The van der Waals surface area contributed by atoms with Crippen LogP contribution in [0.15, 0.2) is 29.3 Å². The van der Waals surface area contributed by atoms with Crippen molar-refractivity contribution in [3.8, 4) is 11.8 Å². The average Bonchev–Trinajstić information content (AvgIpc) is 2.90. The molecule has 0 atom stereocenters. The second-order valence-electron chi connectivity index (χ2n) is 7.02. The standard InChI is InChI=1S/C20H21N3O2/c1-4-25-14-7-5-13(6-8-14)12-22-19-15(11-21)18-16(23-19)9-20(2,3)10-17(18)24/h5-8,12,23H,4,9-10H2,1-3H3. The average molecular weight is 335 g/mol. The number of aromatic amines is 1. The third-order valence-electron chi connectivity index (χ3n) is 4.28. The van der Waals surface area contributed by atoms with Crippen molar-refractivity contribution in [3.05, 3.63) is 46.6 Å². The van der Waals surface area contributed by atoms with Crippen LogP contribution < -0.4 is 4.74 Å². The van der Waals surface area contributed by atoms with Gasteiger partial charge >= 0.3 is 0 Å². The summed E-state index contributed by atoms with van der Waals surface area (Å²) in [6, 6.07) is 9.69. The summed E-state index contributed by atoms with van der Waals surface area (Å²) < 4.78 is 5.42. The fraction of sp³-hybridized carbons (Fsp3) is 0.350. The summed E-state index contributed by atoms with van der Waals surface area (Å²) in [5.74, 6) is 1.27. The van der Waals surface area contributed by atoms with Gasteiger partial charge in [-0.3, -0.25) is 4.79 Å². The van der Waals surface area contributed by atoms with E-state index in [1.165, 1.54) is 0 Å². The van der Waals surface area contributed by atoms with E-state index in [2.05, 4.69) is 29.9 Å². The number of fused-ring (bicyclic) bond motifs is 1. The van der Waals surface area contributed by atoms with E-state index in [-0.39, 0.29) is 11.2 Å². The van der Waals surface area contributed by atoms with Gasteiger partial charge in [-0.25, -0.2) is 4.99 Å². The molecule has 0 spiro atoms. The molecule has 5 heteroatoms. The molecule has 25 heavy (non-hydrogen) atoms. The lowest BCUT2D eigenvalue weighted by molar-refractivity contribution is 0.0911. The zero-order valence-corrected chi connectivity index (χ0v) is 14.7. The number of ether oxygens (including phenoxy) is 1. The van der Waals surface area contributed by atoms with Crippen molar-refractivity contribution in [2.24, 2.45) is 10.4 Å². The van der Waals surface area contributed by atoms with Gasteiger partial charge in [-0.1, -0.05) is 13.8 Å². The highest BCUT2D eigenvalue weighted by Crippen LogP contribution is 2.38. The fourth-order valence-electron chi connectivity index (χ4n) is 3.20. The Morgan fingerprint density at radius 2 is 2.04 bits per heavy atom. The molecule has 0 amide bonds. The van der Waals surface area contributed by atoms with Crippen LogP contribution in [0.4, 0.5) is 5.82 Å². The molecule has 1 aromatic heterocycles. The Bertz CT molecular complexity index is 868. The molecule has 1 aliphatic carbocycles. The van der Waals surface area contributed by atoms with Crippen LogP contribution in [0, 0.1) is 16.7 Å². The number of Topliss-reactive ketones (excluding diaryl/α,β-unsaturated/α-hetero) is 1. The second-order valence-corrected chi connectivity index (χ2v) is 7.02. The second kappa shape index (κ2) is 6.56. The zero-order valence-electron chi connectivity index (χ0n) is 14.7. The smallest absolute Gasteiger partial charge is 0.166 e. The molecule has 128 valence electrons. The molecule has 0 fully saturated rings. The Morgan fingerprint density at radius 1 is 1.32 bits per heavy atom. The number of carbonyl (C=O) groups is 1. The molecule has 0 bridgehead atoms. The minimum Gasteiger partial charge on any atom is -0.494 e. The third kappa shape index (κ3) is 3.48. The molecule has 0 saturated heterocycles. The van der Waals surface area contributed by atoms with Crippen LogP contribution in [0.1, 0.15) is 54.4 Å². The fourth-order valence-corrected chi connectivity index (χ4v) is 3.20. The lowest BCUT2D eigenvalue weighted by Crippen LogP contribution is -2.26. The number of nitrogens with one attached hydrogen (secondary N) is 1. The van der Waals surface area contributed by atoms with Gasteiger partial charge in [0.25, 0.3) is 0 Å². The molecular weight excluding hydrogens is 314 g/mol. The molecule has 0 radical (unpaired) electrons. The van der Waals surface area contributed by atoms with Crippen LogP contribution in [0.25, 0.3) is 0 Å². The Kier molecular flexibility index (Phi) is 4.45. The Morgan fingerprint density at radius 3 is 2.68 bits per heavy atom. The number of nitriles is 1. The van der Waals surface area contributed by atoms with E-state index in [1.807, 2.05) is 31.2 Å². The highest BCUT2D eigenvalue weighted by atomic mass is 16.5. The first-order chi connectivity index (χ1) is 11.9. The van der Waals surface area contributed by atoms with E-state index in [0.717, 1.165) is 23.4 Å². The first-order valence-corrected chi connectivity index (χ1v) is 8.38. The Hall–Kier alpha value is -2.87. The van der Waals surface area contributed by atoms with Crippen molar-refractivity contribution in [1.82, 2.24) is 4.98 Å². The number of rotatable bonds is 4. The van der Waals surface area contributed by atoms with Gasteiger partial charge in [0.1, 0.15) is 23.2 Å². The molecule has 0 aliphatic heterocycles. The molecule has 1 heterocycles. The number of hydrogen-bond acceptors (Lipinski definition) is 4. The predicted octanol–water partition coefficient (Wildman–Crippen LogP) is 4.19. The third-order valence-corrected chi connectivity index (χ3v) is 4.28. The van der Waals surface area contributed by atoms with Crippen molar-refractivity contribution >= 4 is 17.8 Å². The van der Waals surface area contributed by atoms with Gasteiger partial charge < -0.3 is 9.72 Å². The number of nitrogens with zero attached hydrogens (tertiary/aromatic N) is 2. The zero-order chi connectivity index (χ0) is 18.0. The summed E-state index contributed by atoms with van der Waals surface area (Å²) in [5.41, 5.74) is 2.47. The SMILES string of the molecule is CCOc1ccc(C=Nc2[nH]c3c(c2C#N)C(=O)CC(C)(C)C3)cc1. The maximum atomic E-state index is 12.4. The number of benzene rings is 1. The van der Waals surface area contributed by atoms with E-state index in [0.29, 0.717) is 30.0 Å². The van der Waals surface area contributed by atoms with Crippen molar-refractivity contribution in [2.45, 2.75) is 33.6 Å². The minimum absolute atomic E-state index is 0.0153. The summed E-state index contributed by atoms with van der Waals surface area (Å²) in [5, 5.41) is 9.49. The minimum atomic E-state index is -0.0994. The maximum Gasteiger partial charge on any atom is 0.166 e. The molecule has 0 saturated carbocycles. The lowest BCUT2D eigenvalue weighted by Gasteiger charge is -2.28. The summed E-state index contributed by atoms with van der Waals surface area (Å²) in [6.45, 7) is 6.68. The molecule has 1 aromatic carbocycles. The summed E-state index contributed by atoms with van der Waals surface area (Å²) in [4.78, 5) is 20.0. The van der Waals surface area contributed by atoms with Gasteiger partial charge in [0.05, 0.1) is 12.2 Å². The van der Waals surface area contributed by atoms with Gasteiger partial charge in [-0.15, -0.1) is 0 Å². The first-order valence-electron chi connectivity index (χ1n) is 8.38. The Balaban J connectivity index is 1.91. The summed E-state index contributed by atoms with van der Waals surface area (Å²) in [6.07, 6.45) is 2.87. The van der Waals surface area contributed by atoms with Crippen molar-refractivity contribution in [1.29, 1.82) is 5.26 Å². The van der Waals surface area contributed by atoms with E-state index in [4.69, 9.17) is 4.74 Å². The number of H-pyrrole nitrogens is 1. The molecule has 5 nitrogen and oxygen atoms in total. The molecule has 2 aromatic rings. The van der Waals surface area contributed by atoms with Crippen molar-refractivity contribution in [3.63, 3.8) is 0 Å². The van der Waals surface area contributed by atoms with Crippen LogP contribution in [0.5, 0.6) is 5.75 Å². The molecular formula is C20H21N3O2. The van der Waals surface area contributed by atoms with Crippen LogP contribution in [0.3, 0.4) is 0 Å². The summed E-state index contributed by atoms with van der Waals surface area (Å²) >= 11 is 0. The van der Waals surface area contributed by atoms with E-state index >= 15 is 0 Å². The van der Waals surface area contributed by atoms with E-state index < -0.39 is 0 Å². The number of hydrogen-bond donors (Lipinski definition) is 1. The quantitative estimate of drug-likeness (QED) is 0.851. The lowest BCUT2D eigenvalue weighted by atomic mass is 9.75. The number of aromatic nitrogens is 1. The van der Waals surface area contributed by atoms with Gasteiger partial charge in [-0.2, -0.15) is 5.26 Å². The monoisotopic (exact) mass is 335 g/mol. The van der Waals surface area contributed by atoms with Gasteiger partial charge in [0.15, 0.2) is 5.78 Å². The van der Waals surface area contributed by atoms with Crippen LogP contribution in [-0.2, 0) is 6.42 Å². The van der Waals surface area contributed by atoms with Gasteiger partial charge in [0.2, 0.25) is 0 Å². The van der Waals surface area contributed by atoms with Gasteiger partial charge in [-0.05, 0) is 48.6 Å². The highest BCUT2D eigenvalue weighted by Gasteiger charge is 2.35.